The summed E-state index contributed by atoms with van der Waals surface area (Å²) in [5.41, 5.74) is 1.10. The molecule has 0 unspecified atom stereocenters. The first-order valence-corrected chi connectivity index (χ1v) is 6.69. The van der Waals surface area contributed by atoms with Gasteiger partial charge in [-0.1, -0.05) is 26.0 Å². The highest BCUT2D eigenvalue weighted by Gasteiger charge is 2.30. The molecule has 0 atom stereocenters. The van der Waals surface area contributed by atoms with E-state index in [1.165, 1.54) is 0 Å². The van der Waals surface area contributed by atoms with Gasteiger partial charge in [0.15, 0.2) is 5.78 Å². The molecule has 0 saturated heterocycles. The molecule has 1 aromatic carbocycles. The van der Waals surface area contributed by atoms with Gasteiger partial charge < -0.3 is 10.0 Å². The van der Waals surface area contributed by atoms with Gasteiger partial charge in [0.2, 0.25) is 0 Å². The molecule has 1 aromatic rings. The van der Waals surface area contributed by atoms with E-state index in [4.69, 9.17) is 0 Å². The van der Waals surface area contributed by atoms with Gasteiger partial charge in [-0.15, -0.1) is 0 Å². The number of ketones is 1. The van der Waals surface area contributed by atoms with Gasteiger partial charge in [0.05, 0.1) is 5.60 Å². The van der Waals surface area contributed by atoms with E-state index in [2.05, 4.69) is 4.90 Å². The normalized spacial score (nSPS) is 15.7. The van der Waals surface area contributed by atoms with E-state index in [1.54, 1.807) is 0 Å². The molecule has 1 heterocycles. The number of fused-ring (bicyclic) bond motifs is 1. The van der Waals surface area contributed by atoms with Crippen LogP contribution in [0.2, 0.25) is 0 Å². The lowest BCUT2D eigenvalue weighted by molar-refractivity contribution is 0.0388. The van der Waals surface area contributed by atoms with Gasteiger partial charge >= 0.3 is 0 Å². The Morgan fingerprint density at radius 3 is 2.61 bits per heavy atom. The summed E-state index contributed by atoms with van der Waals surface area (Å²) in [7, 11) is 0. The lowest BCUT2D eigenvalue weighted by Crippen LogP contribution is -2.45. The lowest BCUT2D eigenvalue weighted by Gasteiger charge is -2.37. The summed E-state index contributed by atoms with van der Waals surface area (Å²) in [5.74, 6) is 0.207. The van der Waals surface area contributed by atoms with E-state index in [0.717, 1.165) is 24.1 Å². The molecule has 1 aliphatic rings. The number of hydrogen-bond acceptors (Lipinski definition) is 3. The molecule has 0 aromatic heterocycles. The van der Waals surface area contributed by atoms with Gasteiger partial charge in [0.25, 0.3) is 0 Å². The van der Waals surface area contributed by atoms with Crippen molar-refractivity contribution >= 4 is 11.5 Å². The Morgan fingerprint density at radius 2 is 1.94 bits per heavy atom. The molecule has 2 rings (SSSR count). The molecule has 1 N–H and O–H groups in total. The summed E-state index contributed by atoms with van der Waals surface area (Å²) in [6.07, 6.45) is 2.01. The number of β-amino-alcohol motifs (C(OH)–C–C–N with tert-alkyl or cyclic N) is 1. The lowest BCUT2D eigenvalue weighted by atomic mass is 9.93. The molecule has 0 aliphatic carbocycles. The van der Waals surface area contributed by atoms with Crippen molar-refractivity contribution in [2.45, 2.75) is 38.7 Å². The van der Waals surface area contributed by atoms with Crippen LogP contribution in [-0.4, -0.2) is 29.6 Å². The molecule has 0 spiro atoms. The van der Waals surface area contributed by atoms with Crippen LogP contribution in [0.15, 0.2) is 24.3 Å². The van der Waals surface area contributed by atoms with E-state index >= 15 is 0 Å². The minimum atomic E-state index is -0.659. The van der Waals surface area contributed by atoms with E-state index < -0.39 is 5.60 Å². The van der Waals surface area contributed by atoms with Crippen molar-refractivity contribution in [3.05, 3.63) is 29.8 Å². The second kappa shape index (κ2) is 5.11. The summed E-state index contributed by atoms with van der Waals surface area (Å²) in [6.45, 7) is 5.32. The third-order valence-corrected chi connectivity index (χ3v) is 3.96. The number of carbonyl (C=O) groups excluding carboxylic acids is 1. The molecule has 0 bridgehead atoms. The molecule has 1 aliphatic heterocycles. The number of carbonyl (C=O) groups is 1. The van der Waals surface area contributed by atoms with Crippen LogP contribution >= 0.6 is 0 Å². The van der Waals surface area contributed by atoms with Gasteiger partial charge in [-0.25, -0.2) is 0 Å². The van der Waals surface area contributed by atoms with E-state index in [1.807, 2.05) is 38.1 Å². The van der Waals surface area contributed by atoms with Crippen LogP contribution < -0.4 is 4.90 Å². The number of benzene rings is 1. The second-order valence-electron chi connectivity index (χ2n) is 5.04. The fourth-order valence-electron chi connectivity index (χ4n) is 2.47. The Kier molecular flexibility index (Phi) is 3.71. The molecule has 98 valence electrons. The zero-order valence-corrected chi connectivity index (χ0v) is 11.1. The number of aliphatic hydroxyl groups is 1. The van der Waals surface area contributed by atoms with Crippen molar-refractivity contribution in [2.24, 2.45) is 0 Å². The van der Waals surface area contributed by atoms with E-state index in [0.29, 0.717) is 19.5 Å². The molecule has 18 heavy (non-hydrogen) atoms. The summed E-state index contributed by atoms with van der Waals surface area (Å²) in [5, 5.41) is 10.4. The average Bonchev–Trinajstić information content (AvgIpc) is 2.42. The Balaban J connectivity index is 2.26. The maximum atomic E-state index is 11.8. The van der Waals surface area contributed by atoms with Crippen molar-refractivity contribution in [1.29, 1.82) is 0 Å². The van der Waals surface area contributed by atoms with Crippen molar-refractivity contribution in [2.75, 3.05) is 18.0 Å². The number of hydrogen-bond donors (Lipinski definition) is 1. The Morgan fingerprint density at radius 1 is 1.28 bits per heavy atom. The Labute approximate surface area is 108 Å². The fourth-order valence-corrected chi connectivity index (χ4v) is 2.47. The summed E-state index contributed by atoms with van der Waals surface area (Å²) in [4.78, 5) is 14.0. The molecular formula is C15H21NO2. The number of anilines is 1. The highest BCUT2D eigenvalue weighted by Crippen LogP contribution is 2.29. The fraction of sp³-hybridized carbons (Fsp3) is 0.533. The SMILES string of the molecule is CCC(O)(CC)CN1CCC(=O)c2ccccc21. The highest BCUT2D eigenvalue weighted by atomic mass is 16.3. The van der Waals surface area contributed by atoms with Crippen molar-refractivity contribution in [3.8, 4) is 0 Å². The smallest absolute Gasteiger partial charge is 0.166 e. The maximum Gasteiger partial charge on any atom is 0.166 e. The third-order valence-electron chi connectivity index (χ3n) is 3.96. The Bertz CT molecular complexity index is 438. The predicted molar refractivity (Wildman–Crippen MR) is 73.1 cm³/mol. The summed E-state index contributed by atoms with van der Waals surface area (Å²) >= 11 is 0. The molecule has 3 nitrogen and oxygen atoms in total. The van der Waals surface area contributed by atoms with Crippen LogP contribution in [0.5, 0.6) is 0 Å². The summed E-state index contributed by atoms with van der Waals surface area (Å²) < 4.78 is 0. The minimum absolute atomic E-state index is 0.207. The molecule has 0 radical (unpaired) electrons. The molecule has 0 amide bonds. The molecule has 0 fully saturated rings. The number of para-hydroxylation sites is 1. The second-order valence-corrected chi connectivity index (χ2v) is 5.04. The summed E-state index contributed by atoms with van der Waals surface area (Å²) in [6, 6.07) is 7.69. The largest absolute Gasteiger partial charge is 0.388 e. The number of Topliss-reactive ketones (excluding diaryl/α,β-unsaturated/α-hetero) is 1. The third kappa shape index (κ3) is 2.41. The Hall–Kier alpha value is -1.35. The van der Waals surface area contributed by atoms with Crippen molar-refractivity contribution < 1.29 is 9.90 Å². The van der Waals surface area contributed by atoms with Crippen molar-refractivity contribution in [3.63, 3.8) is 0 Å². The first-order chi connectivity index (χ1) is 8.59. The monoisotopic (exact) mass is 247 g/mol. The highest BCUT2D eigenvalue weighted by molar-refractivity contribution is 6.03. The zero-order valence-electron chi connectivity index (χ0n) is 11.1. The van der Waals surface area contributed by atoms with Crippen LogP contribution in [0, 0.1) is 0 Å². The molecule has 3 heteroatoms. The average molecular weight is 247 g/mol. The van der Waals surface area contributed by atoms with Crippen molar-refractivity contribution in [1.82, 2.24) is 0 Å². The standard InChI is InChI=1S/C15H21NO2/c1-3-15(18,4-2)11-16-10-9-14(17)12-7-5-6-8-13(12)16/h5-8,18H,3-4,9-11H2,1-2H3. The van der Waals surface area contributed by atoms with Gasteiger partial charge in [-0.05, 0) is 25.0 Å². The minimum Gasteiger partial charge on any atom is -0.388 e. The van der Waals surface area contributed by atoms with Crippen LogP contribution in [0.4, 0.5) is 5.69 Å². The van der Waals surface area contributed by atoms with E-state index in [9.17, 15) is 9.90 Å². The first-order valence-electron chi connectivity index (χ1n) is 6.69. The van der Waals surface area contributed by atoms with Gasteiger partial charge in [0.1, 0.15) is 0 Å². The van der Waals surface area contributed by atoms with Gasteiger partial charge in [0, 0.05) is 30.8 Å². The number of rotatable bonds is 4. The molecule has 0 saturated carbocycles. The quantitative estimate of drug-likeness (QED) is 0.889. The predicted octanol–water partition coefficient (Wildman–Crippen LogP) is 2.63. The van der Waals surface area contributed by atoms with Crippen LogP contribution in [0.3, 0.4) is 0 Å². The van der Waals surface area contributed by atoms with Gasteiger partial charge in [-0.3, -0.25) is 4.79 Å². The van der Waals surface area contributed by atoms with E-state index in [-0.39, 0.29) is 5.78 Å². The first kappa shape index (κ1) is 13.1. The van der Waals surface area contributed by atoms with Crippen LogP contribution in [0.25, 0.3) is 0 Å². The zero-order chi connectivity index (χ0) is 13.2. The number of nitrogens with zero attached hydrogens (tertiary/aromatic N) is 1. The topological polar surface area (TPSA) is 40.5 Å². The van der Waals surface area contributed by atoms with Crippen LogP contribution in [-0.2, 0) is 0 Å². The van der Waals surface area contributed by atoms with Crippen LogP contribution in [0.1, 0.15) is 43.5 Å². The maximum absolute atomic E-state index is 11.8. The van der Waals surface area contributed by atoms with Gasteiger partial charge in [-0.2, -0.15) is 0 Å². The molecular weight excluding hydrogens is 226 g/mol.